The fourth-order valence-corrected chi connectivity index (χ4v) is 4.81. The van der Waals surface area contributed by atoms with Crippen molar-refractivity contribution in [2.24, 2.45) is 0 Å². The van der Waals surface area contributed by atoms with Crippen LogP contribution in [0.25, 0.3) is 10.9 Å². The summed E-state index contributed by atoms with van der Waals surface area (Å²) in [5.74, 6) is -0.348. The maximum atomic E-state index is 13.2. The van der Waals surface area contributed by atoms with Crippen molar-refractivity contribution >= 4 is 38.5 Å². The highest BCUT2D eigenvalue weighted by molar-refractivity contribution is 7.92. The van der Waals surface area contributed by atoms with E-state index >= 15 is 0 Å². The summed E-state index contributed by atoms with van der Waals surface area (Å²) in [6.45, 7) is 0. The van der Waals surface area contributed by atoms with Crippen molar-refractivity contribution in [3.63, 3.8) is 0 Å². The fourth-order valence-electron chi connectivity index (χ4n) is 3.62. The normalized spacial score (nSPS) is 11.3. The minimum Gasteiger partial charge on any atom is -0.497 e. The van der Waals surface area contributed by atoms with E-state index < -0.39 is 16.0 Å². The third-order valence-electron chi connectivity index (χ3n) is 5.53. The summed E-state index contributed by atoms with van der Waals surface area (Å²) >= 11 is 0. The maximum Gasteiger partial charge on any atom is 0.340 e. The molecule has 4 rings (SSSR count). The number of aromatic nitrogens is 1. The lowest BCUT2D eigenvalue weighted by Gasteiger charge is -2.20. The Morgan fingerprint density at radius 2 is 1.53 bits per heavy atom. The first-order valence-corrected chi connectivity index (χ1v) is 11.7. The van der Waals surface area contributed by atoms with Crippen LogP contribution < -0.4 is 9.04 Å². The van der Waals surface area contributed by atoms with E-state index in [1.54, 1.807) is 60.7 Å². The Labute approximate surface area is 197 Å². The molecule has 0 spiro atoms. The summed E-state index contributed by atoms with van der Waals surface area (Å²) < 4.78 is 38.4. The molecule has 0 unspecified atom stereocenters. The Hall–Kier alpha value is -4.11. The standard InChI is InChI=1S/C25H22N2O6S/c1-26(34(30,31)20-14-12-19(32-2)13-15-20)18-10-8-17(9-11-18)24(28)27-16-22(25(29)33-3)21-6-4-5-7-23(21)27/h4-16H,1-3H3. The lowest BCUT2D eigenvalue weighted by Crippen LogP contribution is -2.26. The number of hydrogen-bond acceptors (Lipinski definition) is 6. The van der Waals surface area contributed by atoms with Crippen molar-refractivity contribution in [2.45, 2.75) is 4.90 Å². The van der Waals surface area contributed by atoms with Gasteiger partial charge in [-0.1, -0.05) is 18.2 Å². The zero-order chi connectivity index (χ0) is 24.5. The Morgan fingerprint density at radius 3 is 2.15 bits per heavy atom. The number of benzene rings is 3. The predicted molar refractivity (Wildman–Crippen MR) is 128 cm³/mol. The van der Waals surface area contributed by atoms with Crippen molar-refractivity contribution in [3.05, 3.63) is 90.1 Å². The molecule has 0 radical (unpaired) electrons. The first kappa shape index (κ1) is 23.1. The van der Waals surface area contributed by atoms with Crippen molar-refractivity contribution in [1.82, 2.24) is 4.57 Å². The maximum absolute atomic E-state index is 13.2. The molecule has 0 saturated heterocycles. The van der Waals surface area contributed by atoms with E-state index in [0.717, 1.165) is 4.31 Å². The summed E-state index contributed by atoms with van der Waals surface area (Å²) in [5, 5.41) is 0.602. The smallest absolute Gasteiger partial charge is 0.340 e. The number of methoxy groups -OCH3 is 2. The molecule has 0 aliphatic heterocycles. The summed E-state index contributed by atoms with van der Waals surface area (Å²) in [5.41, 5.74) is 1.57. The zero-order valence-corrected chi connectivity index (χ0v) is 19.6. The second-order valence-electron chi connectivity index (χ2n) is 7.42. The molecule has 0 N–H and O–H groups in total. The van der Waals surface area contributed by atoms with Gasteiger partial charge in [-0.25, -0.2) is 13.2 Å². The topological polar surface area (TPSA) is 94.9 Å². The van der Waals surface area contributed by atoms with E-state index in [-0.39, 0.29) is 16.4 Å². The molecule has 0 bridgehead atoms. The summed E-state index contributed by atoms with van der Waals surface area (Å²) in [6.07, 6.45) is 1.45. The number of rotatable bonds is 6. The molecule has 0 aliphatic carbocycles. The number of sulfonamides is 1. The summed E-state index contributed by atoms with van der Waals surface area (Å²) in [4.78, 5) is 25.5. The third kappa shape index (κ3) is 4.01. The van der Waals surface area contributed by atoms with Gasteiger partial charge in [0.2, 0.25) is 0 Å². The molecule has 0 aliphatic rings. The number of anilines is 1. The number of esters is 1. The van der Waals surface area contributed by atoms with Gasteiger partial charge in [-0.15, -0.1) is 0 Å². The highest BCUT2D eigenvalue weighted by Gasteiger charge is 2.23. The second-order valence-corrected chi connectivity index (χ2v) is 9.39. The van der Waals surface area contributed by atoms with Gasteiger partial charge in [-0.2, -0.15) is 0 Å². The molecule has 3 aromatic carbocycles. The fraction of sp³-hybridized carbons (Fsp3) is 0.120. The molecule has 0 saturated carbocycles. The van der Waals surface area contributed by atoms with E-state index in [1.165, 1.54) is 44.2 Å². The van der Waals surface area contributed by atoms with E-state index in [9.17, 15) is 18.0 Å². The molecule has 1 heterocycles. The number of nitrogens with zero attached hydrogens (tertiary/aromatic N) is 2. The average Bonchev–Trinajstić information content (AvgIpc) is 3.27. The van der Waals surface area contributed by atoms with Gasteiger partial charge >= 0.3 is 5.97 Å². The Balaban J connectivity index is 1.64. The van der Waals surface area contributed by atoms with Crippen molar-refractivity contribution in [2.75, 3.05) is 25.6 Å². The van der Waals surface area contributed by atoms with Gasteiger partial charge in [-0.3, -0.25) is 13.7 Å². The average molecular weight is 479 g/mol. The van der Waals surface area contributed by atoms with Gasteiger partial charge < -0.3 is 9.47 Å². The van der Waals surface area contributed by atoms with Crippen LogP contribution in [0.1, 0.15) is 20.7 Å². The number of fused-ring (bicyclic) bond motifs is 1. The van der Waals surface area contributed by atoms with Crippen LogP contribution in [0.4, 0.5) is 5.69 Å². The van der Waals surface area contributed by atoms with Gasteiger partial charge in [0, 0.05) is 24.2 Å². The molecular weight excluding hydrogens is 456 g/mol. The van der Waals surface area contributed by atoms with E-state index in [2.05, 4.69) is 0 Å². The molecule has 9 heteroatoms. The minimum absolute atomic E-state index is 0.116. The van der Waals surface area contributed by atoms with Crippen LogP contribution in [0.3, 0.4) is 0 Å². The van der Waals surface area contributed by atoms with Gasteiger partial charge in [-0.05, 0) is 54.6 Å². The van der Waals surface area contributed by atoms with Gasteiger partial charge in [0.1, 0.15) is 5.75 Å². The van der Waals surface area contributed by atoms with Crippen LogP contribution in [-0.2, 0) is 14.8 Å². The van der Waals surface area contributed by atoms with Crippen molar-refractivity contribution in [3.8, 4) is 5.75 Å². The highest BCUT2D eigenvalue weighted by Crippen LogP contribution is 2.26. The first-order chi connectivity index (χ1) is 16.3. The van der Waals surface area contributed by atoms with Crippen LogP contribution in [0.2, 0.25) is 0 Å². The summed E-state index contributed by atoms with van der Waals surface area (Å²) in [7, 11) is 0.427. The van der Waals surface area contributed by atoms with Crippen LogP contribution in [0, 0.1) is 0 Å². The van der Waals surface area contributed by atoms with Crippen LogP contribution in [-0.4, -0.2) is 46.1 Å². The number of carbonyl (C=O) groups is 2. The van der Waals surface area contributed by atoms with Crippen LogP contribution in [0.5, 0.6) is 5.75 Å². The molecule has 34 heavy (non-hydrogen) atoms. The van der Waals surface area contributed by atoms with Crippen molar-refractivity contribution < 1.29 is 27.5 Å². The molecule has 0 fully saturated rings. The largest absolute Gasteiger partial charge is 0.497 e. The quantitative estimate of drug-likeness (QED) is 0.390. The third-order valence-corrected chi connectivity index (χ3v) is 7.33. The minimum atomic E-state index is -3.80. The number of para-hydroxylation sites is 1. The molecule has 1 aromatic heterocycles. The lowest BCUT2D eigenvalue weighted by atomic mass is 10.2. The zero-order valence-electron chi connectivity index (χ0n) is 18.8. The Bertz CT molecular complexity index is 1470. The molecule has 8 nitrogen and oxygen atoms in total. The van der Waals surface area contributed by atoms with Crippen LogP contribution >= 0.6 is 0 Å². The molecule has 174 valence electrons. The molecule has 0 atom stereocenters. The number of hydrogen-bond donors (Lipinski definition) is 0. The predicted octanol–water partition coefficient (Wildman–Crippen LogP) is 3.95. The Kier molecular flexibility index (Phi) is 6.12. The van der Waals surface area contributed by atoms with E-state index in [1.807, 2.05) is 0 Å². The Morgan fingerprint density at radius 1 is 0.882 bits per heavy atom. The van der Waals surface area contributed by atoms with Crippen LogP contribution in [0.15, 0.2) is 83.9 Å². The van der Waals surface area contributed by atoms with Crippen molar-refractivity contribution in [1.29, 1.82) is 0 Å². The molecular formula is C25H22N2O6S. The molecule has 4 aromatic rings. The SMILES string of the molecule is COC(=O)c1cn(C(=O)c2ccc(N(C)S(=O)(=O)c3ccc(OC)cc3)cc2)c2ccccc12. The van der Waals surface area contributed by atoms with Gasteiger partial charge in [0.05, 0.1) is 35.9 Å². The van der Waals surface area contributed by atoms with E-state index in [0.29, 0.717) is 27.9 Å². The first-order valence-electron chi connectivity index (χ1n) is 10.2. The highest BCUT2D eigenvalue weighted by atomic mass is 32.2. The number of ether oxygens (including phenoxy) is 2. The van der Waals surface area contributed by atoms with Gasteiger partial charge in [0.15, 0.2) is 0 Å². The van der Waals surface area contributed by atoms with E-state index in [4.69, 9.17) is 9.47 Å². The monoisotopic (exact) mass is 478 g/mol. The lowest BCUT2D eigenvalue weighted by molar-refractivity contribution is 0.0603. The summed E-state index contributed by atoms with van der Waals surface area (Å²) in [6, 6.07) is 19.3. The second kappa shape index (κ2) is 9.03. The number of carbonyl (C=O) groups excluding carboxylic acids is 2. The molecule has 0 amide bonds. The van der Waals surface area contributed by atoms with Gasteiger partial charge in [0.25, 0.3) is 15.9 Å².